The molecule has 1 saturated heterocycles. The van der Waals surface area contributed by atoms with E-state index in [1.165, 1.54) is 45.3 Å². The molecular formula is C23H40N6O2. The van der Waals surface area contributed by atoms with E-state index in [4.69, 9.17) is 10.6 Å². The third-order valence-electron chi connectivity index (χ3n) is 6.23. The van der Waals surface area contributed by atoms with Crippen molar-refractivity contribution >= 4 is 11.2 Å². The Morgan fingerprint density at radius 2 is 1.97 bits per heavy atom. The van der Waals surface area contributed by atoms with Crippen molar-refractivity contribution in [3.63, 3.8) is 0 Å². The molecule has 2 N–H and O–H groups in total. The molecule has 8 nitrogen and oxygen atoms in total. The molecule has 0 aromatic carbocycles. The Labute approximate surface area is 185 Å². The van der Waals surface area contributed by atoms with Gasteiger partial charge in [0.15, 0.2) is 5.65 Å². The lowest BCUT2D eigenvalue weighted by atomic mass is 9.91. The van der Waals surface area contributed by atoms with E-state index in [0.717, 1.165) is 42.2 Å². The number of aryl methyl sites for hydroxylation is 1. The van der Waals surface area contributed by atoms with Crippen LogP contribution in [0.15, 0.2) is 11.0 Å². The van der Waals surface area contributed by atoms with Crippen molar-refractivity contribution in [1.29, 1.82) is 0 Å². The van der Waals surface area contributed by atoms with Gasteiger partial charge < -0.3 is 15.5 Å². The normalized spacial score (nSPS) is 15.9. The number of fused-ring (bicyclic) bond motifs is 1. The Hall–Kier alpha value is -2.09. The number of ether oxygens (including phenoxy) is 1. The summed E-state index contributed by atoms with van der Waals surface area (Å²) in [5.74, 6) is 7.55. The van der Waals surface area contributed by atoms with Gasteiger partial charge in [-0.25, -0.2) is 14.5 Å². The van der Waals surface area contributed by atoms with Crippen molar-refractivity contribution in [2.45, 2.75) is 78.7 Å². The van der Waals surface area contributed by atoms with Gasteiger partial charge in [0.05, 0.1) is 12.8 Å². The molecule has 0 unspecified atom stereocenters. The van der Waals surface area contributed by atoms with Crippen LogP contribution in [0.2, 0.25) is 0 Å². The number of hydrogen-bond donors (Lipinski definition) is 1. The smallest absolute Gasteiger partial charge is 0.348 e. The fraction of sp³-hybridized carbons (Fsp3) is 0.783. The highest BCUT2D eigenvalue weighted by Crippen LogP contribution is 2.23. The Balaban J connectivity index is 1.47. The maximum Gasteiger partial charge on any atom is 0.348 e. The lowest BCUT2D eigenvalue weighted by Crippen LogP contribution is -2.36. The van der Waals surface area contributed by atoms with Crippen molar-refractivity contribution in [3.05, 3.63) is 16.7 Å². The summed E-state index contributed by atoms with van der Waals surface area (Å²) in [6.07, 6.45) is 10.8. The quantitative estimate of drug-likeness (QED) is 0.408. The second-order valence-corrected chi connectivity index (χ2v) is 9.35. The predicted molar refractivity (Wildman–Crippen MR) is 125 cm³/mol. The summed E-state index contributed by atoms with van der Waals surface area (Å²) in [4.78, 5) is 23.8. The van der Waals surface area contributed by atoms with Crippen LogP contribution in [0.1, 0.15) is 72.1 Å². The molecule has 0 atom stereocenters. The summed E-state index contributed by atoms with van der Waals surface area (Å²) in [6, 6.07) is 0.309. The van der Waals surface area contributed by atoms with E-state index in [9.17, 15) is 4.79 Å². The fourth-order valence-corrected chi connectivity index (χ4v) is 4.48. The van der Waals surface area contributed by atoms with Gasteiger partial charge in [-0.05, 0) is 50.6 Å². The molecule has 2 aromatic rings. The molecule has 1 aliphatic heterocycles. The zero-order valence-corrected chi connectivity index (χ0v) is 19.6. The predicted octanol–water partition coefficient (Wildman–Crippen LogP) is 3.41. The summed E-state index contributed by atoms with van der Waals surface area (Å²) in [7, 11) is 0. The van der Waals surface area contributed by atoms with Crippen LogP contribution in [0.4, 0.5) is 0 Å². The SMILES string of the molecule is CCCCOc1ncc2c(n1)n(CCCCCC1CCN(CC(C)C)CC1)c(=O)n2N. The number of hydrogen-bond acceptors (Lipinski definition) is 6. The number of likely N-dealkylation sites (tertiary alicyclic amines) is 1. The van der Waals surface area contributed by atoms with Gasteiger partial charge in [0.25, 0.3) is 0 Å². The van der Waals surface area contributed by atoms with Crippen molar-refractivity contribution in [3.8, 4) is 6.01 Å². The molecule has 8 heteroatoms. The van der Waals surface area contributed by atoms with Gasteiger partial charge in [0.1, 0.15) is 5.52 Å². The molecule has 3 rings (SSSR count). The number of nitrogens with two attached hydrogens (primary N) is 1. The van der Waals surface area contributed by atoms with Crippen molar-refractivity contribution in [2.75, 3.05) is 32.1 Å². The molecule has 0 bridgehead atoms. The Morgan fingerprint density at radius 3 is 2.68 bits per heavy atom. The largest absolute Gasteiger partial charge is 0.463 e. The lowest BCUT2D eigenvalue weighted by Gasteiger charge is -2.33. The van der Waals surface area contributed by atoms with Gasteiger partial charge in [-0.2, -0.15) is 4.98 Å². The van der Waals surface area contributed by atoms with Crippen LogP contribution in [0.3, 0.4) is 0 Å². The minimum absolute atomic E-state index is 0.243. The van der Waals surface area contributed by atoms with Gasteiger partial charge >= 0.3 is 11.7 Å². The lowest BCUT2D eigenvalue weighted by molar-refractivity contribution is 0.162. The highest BCUT2D eigenvalue weighted by molar-refractivity contribution is 5.70. The van der Waals surface area contributed by atoms with Crippen LogP contribution >= 0.6 is 0 Å². The van der Waals surface area contributed by atoms with E-state index in [1.807, 2.05) is 0 Å². The van der Waals surface area contributed by atoms with Gasteiger partial charge in [-0.15, -0.1) is 0 Å². The van der Waals surface area contributed by atoms with E-state index in [0.29, 0.717) is 30.3 Å². The third kappa shape index (κ3) is 6.45. The van der Waals surface area contributed by atoms with Crippen LogP contribution in [-0.2, 0) is 6.54 Å². The van der Waals surface area contributed by atoms with Crippen molar-refractivity contribution in [1.82, 2.24) is 24.1 Å². The minimum atomic E-state index is -0.243. The maximum absolute atomic E-state index is 12.6. The molecular weight excluding hydrogens is 392 g/mol. The number of imidazole rings is 1. The summed E-state index contributed by atoms with van der Waals surface area (Å²) >= 11 is 0. The first-order valence-corrected chi connectivity index (χ1v) is 12.1. The number of piperidine rings is 1. The third-order valence-corrected chi connectivity index (χ3v) is 6.23. The Morgan fingerprint density at radius 1 is 1.19 bits per heavy atom. The van der Waals surface area contributed by atoms with Gasteiger partial charge in [0, 0.05) is 13.1 Å². The topological polar surface area (TPSA) is 91.2 Å². The zero-order valence-electron chi connectivity index (χ0n) is 19.6. The first kappa shape index (κ1) is 23.6. The number of nitrogen functional groups attached to an aromatic ring is 1. The van der Waals surface area contributed by atoms with Crippen molar-refractivity contribution in [2.24, 2.45) is 11.8 Å². The first-order chi connectivity index (χ1) is 15.0. The Bertz CT molecular complexity index is 867. The molecule has 3 heterocycles. The average Bonchev–Trinajstić information content (AvgIpc) is 2.99. The van der Waals surface area contributed by atoms with Gasteiger partial charge in [0.2, 0.25) is 0 Å². The summed E-state index contributed by atoms with van der Waals surface area (Å²) < 4.78 is 8.40. The van der Waals surface area contributed by atoms with E-state index in [1.54, 1.807) is 10.8 Å². The monoisotopic (exact) mass is 432 g/mol. The molecule has 174 valence electrons. The minimum Gasteiger partial charge on any atom is -0.463 e. The fourth-order valence-electron chi connectivity index (χ4n) is 4.48. The molecule has 0 amide bonds. The highest BCUT2D eigenvalue weighted by atomic mass is 16.5. The van der Waals surface area contributed by atoms with E-state index < -0.39 is 0 Å². The van der Waals surface area contributed by atoms with Crippen LogP contribution < -0.4 is 16.3 Å². The van der Waals surface area contributed by atoms with Crippen molar-refractivity contribution < 1.29 is 4.74 Å². The van der Waals surface area contributed by atoms with Gasteiger partial charge in [-0.3, -0.25) is 4.57 Å². The summed E-state index contributed by atoms with van der Waals surface area (Å²) in [6.45, 7) is 11.6. The first-order valence-electron chi connectivity index (χ1n) is 12.1. The second-order valence-electron chi connectivity index (χ2n) is 9.35. The Kier molecular flexibility index (Phi) is 8.75. The van der Waals surface area contributed by atoms with E-state index in [2.05, 4.69) is 35.6 Å². The molecule has 0 radical (unpaired) electrons. The molecule has 2 aromatic heterocycles. The average molecular weight is 433 g/mol. The molecule has 0 spiro atoms. The molecule has 0 aliphatic carbocycles. The number of unbranched alkanes of at least 4 members (excludes halogenated alkanes) is 3. The molecule has 31 heavy (non-hydrogen) atoms. The van der Waals surface area contributed by atoms with Crippen LogP contribution in [0.5, 0.6) is 6.01 Å². The van der Waals surface area contributed by atoms with Crippen LogP contribution in [-0.4, -0.2) is 50.4 Å². The summed E-state index contributed by atoms with van der Waals surface area (Å²) in [5, 5.41) is 0. The highest BCUT2D eigenvalue weighted by Gasteiger charge is 2.19. The molecule has 1 fully saturated rings. The standard InChI is InChI=1S/C23H40N6O2/c1-4-5-15-31-22-25-16-20-21(26-22)28(23(30)29(20)24)12-8-6-7-9-19-10-13-27(14-11-19)17-18(2)3/h16,18-19H,4-15,17,24H2,1-3H3. The number of aromatic nitrogens is 4. The van der Waals surface area contributed by atoms with E-state index in [-0.39, 0.29) is 5.69 Å². The maximum atomic E-state index is 12.6. The second kappa shape index (κ2) is 11.5. The van der Waals surface area contributed by atoms with Crippen LogP contribution in [0, 0.1) is 11.8 Å². The molecule has 0 saturated carbocycles. The zero-order chi connectivity index (χ0) is 22.2. The molecule has 1 aliphatic rings. The number of rotatable bonds is 12. The van der Waals surface area contributed by atoms with Crippen LogP contribution in [0.25, 0.3) is 11.2 Å². The van der Waals surface area contributed by atoms with E-state index >= 15 is 0 Å². The number of nitrogens with zero attached hydrogens (tertiary/aromatic N) is 5. The summed E-state index contributed by atoms with van der Waals surface area (Å²) in [5.41, 5.74) is 0.861. The van der Waals surface area contributed by atoms with Gasteiger partial charge in [-0.1, -0.05) is 46.5 Å².